The number of allylic oxidation sites excluding steroid dienone is 2. The van der Waals surface area contributed by atoms with Crippen LogP contribution >= 0.6 is 0 Å². The van der Waals surface area contributed by atoms with Crippen molar-refractivity contribution in [2.75, 3.05) is 223 Å². The predicted molar refractivity (Wildman–Crippen MR) is 249 cm³/mol. The van der Waals surface area contributed by atoms with E-state index in [2.05, 4.69) is 164 Å². The standard InChI is InChI=1S/C45H85N10O4/c1-46(2)17-21-50(9)25-29-54(30-26-51(10)22-18-47(3)4)38-33-42(56-13)40(43(34-38)57-14)37-41-44(58-15)35-39(36-45(41)59-16)55(31-27-52(11)23-19-48(5)6)32-28-53(12)24-20-49(7)8/h33-37H,17-32H2,1-16H3/q+1. The molecule has 1 aromatic rings. The first kappa shape index (κ1) is 51.9. The Kier molecular flexibility index (Phi) is 24.3. The average Bonchev–Trinajstić information content (AvgIpc) is 3.20. The number of methoxy groups -OCH3 is 4. The number of hydrogen-bond acceptors (Lipinski definition) is 13. The molecular formula is C45H85N10O4+. The highest BCUT2D eigenvalue weighted by molar-refractivity contribution is 6.04. The van der Waals surface area contributed by atoms with E-state index in [4.69, 9.17) is 18.9 Å². The quantitative estimate of drug-likeness (QED) is 0.107. The van der Waals surface area contributed by atoms with E-state index in [1.165, 1.54) is 0 Å². The van der Waals surface area contributed by atoms with Gasteiger partial charge in [0.05, 0.1) is 64.8 Å². The first-order valence-electron chi connectivity index (χ1n) is 21.2. The molecule has 0 atom stereocenters. The van der Waals surface area contributed by atoms with Crippen LogP contribution in [0.15, 0.2) is 41.4 Å². The summed E-state index contributed by atoms with van der Waals surface area (Å²) in [5.74, 6) is 2.90. The maximum atomic E-state index is 6.14. The molecule has 0 N–H and O–H groups in total. The highest BCUT2D eigenvalue weighted by Gasteiger charge is 2.27. The molecule has 1 aromatic carbocycles. The number of likely N-dealkylation sites (N-methyl/N-ethyl adjacent to an activating group) is 8. The summed E-state index contributed by atoms with van der Waals surface area (Å²) in [5.41, 5.74) is 3.79. The fourth-order valence-corrected chi connectivity index (χ4v) is 6.48. The van der Waals surface area contributed by atoms with Gasteiger partial charge in [0.1, 0.15) is 23.0 Å². The van der Waals surface area contributed by atoms with Crippen LogP contribution in [-0.2, 0) is 9.47 Å². The van der Waals surface area contributed by atoms with Crippen LogP contribution in [0.1, 0.15) is 5.56 Å². The van der Waals surface area contributed by atoms with Crippen LogP contribution in [0, 0.1) is 0 Å². The average molecular weight is 830 g/mol. The summed E-state index contributed by atoms with van der Waals surface area (Å²) >= 11 is 0. The third-order valence-corrected chi connectivity index (χ3v) is 10.8. The van der Waals surface area contributed by atoms with Crippen molar-refractivity contribution in [3.63, 3.8) is 0 Å². The first-order chi connectivity index (χ1) is 28.0. The van der Waals surface area contributed by atoms with Crippen molar-refractivity contribution >= 4 is 17.5 Å². The Morgan fingerprint density at radius 3 is 1.10 bits per heavy atom. The van der Waals surface area contributed by atoms with E-state index >= 15 is 0 Å². The van der Waals surface area contributed by atoms with Gasteiger partial charge in [-0.1, -0.05) is 0 Å². The van der Waals surface area contributed by atoms with Crippen molar-refractivity contribution in [2.24, 2.45) is 0 Å². The largest absolute Gasteiger partial charge is 0.496 e. The van der Waals surface area contributed by atoms with Gasteiger partial charge in [-0.25, -0.2) is 4.58 Å². The summed E-state index contributed by atoms with van der Waals surface area (Å²) in [7, 11) is 32.7. The van der Waals surface area contributed by atoms with Crippen LogP contribution < -0.4 is 14.4 Å². The molecule has 0 saturated heterocycles. The van der Waals surface area contributed by atoms with Gasteiger partial charge in [0.25, 0.3) is 0 Å². The molecule has 14 nitrogen and oxygen atoms in total. The second kappa shape index (κ2) is 27.6. The van der Waals surface area contributed by atoms with Crippen molar-refractivity contribution < 1.29 is 23.5 Å². The Hall–Kier alpha value is -3.21. The number of benzene rings is 1. The molecule has 0 heterocycles. The molecule has 0 radical (unpaired) electrons. The lowest BCUT2D eigenvalue weighted by atomic mass is 9.99. The summed E-state index contributed by atoms with van der Waals surface area (Å²) in [5, 5.41) is 0. The maximum absolute atomic E-state index is 6.14. The Labute approximate surface area is 360 Å². The van der Waals surface area contributed by atoms with E-state index in [0.29, 0.717) is 0 Å². The van der Waals surface area contributed by atoms with Crippen LogP contribution in [-0.4, -0.2) is 267 Å². The summed E-state index contributed by atoms with van der Waals surface area (Å²) < 4.78 is 27.0. The molecule has 0 aromatic heterocycles. The van der Waals surface area contributed by atoms with E-state index in [-0.39, 0.29) is 0 Å². The normalized spacial score (nSPS) is 13.5. The van der Waals surface area contributed by atoms with E-state index in [0.717, 1.165) is 150 Å². The van der Waals surface area contributed by atoms with E-state index in [1.54, 1.807) is 28.4 Å². The fourth-order valence-electron chi connectivity index (χ4n) is 6.48. The molecule has 0 saturated carbocycles. The molecule has 1 aliphatic rings. The molecule has 0 spiro atoms. The van der Waals surface area contributed by atoms with E-state index in [1.807, 2.05) is 0 Å². The summed E-state index contributed by atoms with van der Waals surface area (Å²) in [4.78, 5) is 21.0. The molecule has 2 rings (SSSR count). The molecule has 338 valence electrons. The number of hydrogen-bond donors (Lipinski definition) is 0. The number of ether oxygens (including phenoxy) is 4. The van der Waals surface area contributed by atoms with Gasteiger partial charge in [-0.2, -0.15) is 0 Å². The lowest BCUT2D eigenvalue weighted by Gasteiger charge is -2.31. The molecule has 0 aliphatic heterocycles. The van der Waals surface area contributed by atoms with Gasteiger partial charge in [-0.05, 0) is 90.6 Å². The maximum Gasteiger partial charge on any atom is 0.207 e. The Morgan fingerprint density at radius 1 is 0.441 bits per heavy atom. The van der Waals surface area contributed by atoms with Gasteiger partial charge in [0.2, 0.25) is 5.71 Å². The summed E-state index contributed by atoms with van der Waals surface area (Å²) in [6, 6.07) is 4.28. The van der Waals surface area contributed by atoms with Crippen LogP contribution in [0.25, 0.3) is 6.08 Å². The summed E-state index contributed by atoms with van der Waals surface area (Å²) in [6.45, 7) is 15.3. The second-order valence-corrected chi connectivity index (χ2v) is 17.1. The fraction of sp³-hybridized carbons (Fsp3) is 0.711. The monoisotopic (exact) mass is 830 g/mol. The smallest absolute Gasteiger partial charge is 0.207 e. The van der Waals surface area contributed by atoms with E-state index in [9.17, 15) is 0 Å². The van der Waals surface area contributed by atoms with Crippen molar-refractivity contribution in [1.82, 2.24) is 39.2 Å². The van der Waals surface area contributed by atoms with Gasteiger partial charge in [0, 0.05) is 96.4 Å². The van der Waals surface area contributed by atoms with Crippen molar-refractivity contribution in [2.45, 2.75) is 0 Å². The Bertz CT molecular complexity index is 1400. The first-order valence-corrected chi connectivity index (χ1v) is 21.2. The molecule has 0 fully saturated rings. The highest BCUT2D eigenvalue weighted by atomic mass is 16.5. The van der Waals surface area contributed by atoms with Gasteiger partial charge >= 0.3 is 0 Å². The molecule has 14 heteroatoms. The molecular weight excluding hydrogens is 745 g/mol. The minimum atomic E-state index is 0.725. The zero-order valence-electron chi connectivity index (χ0n) is 40.3. The number of rotatable bonds is 30. The second-order valence-electron chi connectivity index (χ2n) is 17.1. The van der Waals surface area contributed by atoms with Gasteiger partial charge < -0.3 is 53.2 Å². The van der Waals surface area contributed by atoms with Crippen LogP contribution in [0.5, 0.6) is 11.5 Å². The lowest BCUT2D eigenvalue weighted by molar-refractivity contribution is -0.526. The third-order valence-electron chi connectivity index (χ3n) is 10.8. The van der Waals surface area contributed by atoms with Crippen molar-refractivity contribution in [3.05, 3.63) is 46.9 Å². The van der Waals surface area contributed by atoms with Gasteiger partial charge in [-0.3, -0.25) is 9.80 Å². The van der Waals surface area contributed by atoms with Gasteiger partial charge in [-0.15, -0.1) is 0 Å². The molecule has 0 bridgehead atoms. The topological polar surface area (TPSA) is 69.1 Å². The zero-order valence-corrected chi connectivity index (χ0v) is 40.3. The third kappa shape index (κ3) is 19.4. The van der Waals surface area contributed by atoms with Crippen molar-refractivity contribution in [3.8, 4) is 11.5 Å². The Morgan fingerprint density at radius 2 is 0.780 bits per heavy atom. The lowest BCUT2D eigenvalue weighted by Crippen LogP contribution is -2.40. The predicted octanol–water partition coefficient (Wildman–Crippen LogP) is 2.39. The highest BCUT2D eigenvalue weighted by Crippen LogP contribution is 2.39. The molecule has 0 amide bonds. The zero-order chi connectivity index (χ0) is 44.1. The number of nitrogens with zero attached hydrogens (tertiary/aromatic N) is 10. The Balaban J connectivity index is 2.60. The molecule has 1 aliphatic carbocycles. The SMILES string of the molecule is COC1=CC(=[N+](CCN(C)CCN(C)C)CCN(C)CCN(C)C)C=C(OC)C1=Cc1c(OC)cc(N(CCN(C)CCN(C)C)CCN(C)CCN(C)C)cc1OC. The minimum absolute atomic E-state index is 0.725. The molecule has 59 heavy (non-hydrogen) atoms. The van der Waals surface area contributed by atoms with E-state index < -0.39 is 0 Å². The minimum Gasteiger partial charge on any atom is -0.496 e. The molecule has 0 unspecified atom stereocenters. The number of anilines is 1. The van der Waals surface area contributed by atoms with Gasteiger partial charge in [0.15, 0.2) is 13.1 Å². The van der Waals surface area contributed by atoms with Crippen LogP contribution in [0.3, 0.4) is 0 Å². The van der Waals surface area contributed by atoms with Crippen LogP contribution in [0.4, 0.5) is 5.69 Å². The summed E-state index contributed by atoms with van der Waals surface area (Å²) in [6.07, 6.45) is 6.36. The van der Waals surface area contributed by atoms with Crippen LogP contribution in [0.2, 0.25) is 0 Å². The van der Waals surface area contributed by atoms with Crippen molar-refractivity contribution in [1.29, 1.82) is 0 Å².